The molecular weight excluding hydrogens is 478 g/mol. The van der Waals surface area contributed by atoms with Gasteiger partial charge in [-0.2, -0.15) is 0 Å². The second-order valence-electron chi connectivity index (χ2n) is 10.3. The third kappa shape index (κ3) is 4.53. The molecule has 0 aliphatic carbocycles. The van der Waals surface area contributed by atoms with E-state index in [9.17, 15) is 4.79 Å². The first-order chi connectivity index (χ1) is 16.5. The van der Waals surface area contributed by atoms with Crippen molar-refractivity contribution in [1.82, 2.24) is 4.57 Å². The molecule has 0 atom stereocenters. The Morgan fingerprint density at radius 3 is 2.11 bits per heavy atom. The number of pyridine rings is 1. The Kier molecular flexibility index (Phi) is 6.64. The minimum absolute atomic E-state index is 0.0225. The van der Waals surface area contributed by atoms with E-state index in [0.717, 1.165) is 16.6 Å². The van der Waals surface area contributed by atoms with Crippen molar-refractivity contribution < 1.29 is 13.9 Å². The number of para-hydroxylation sites is 1. The van der Waals surface area contributed by atoms with Gasteiger partial charge in [0.1, 0.15) is 0 Å². The summed E-state index contributed by atoms with van der Waals surface area (Å²) in [5.74, 6) is 1.87. The number of hydrogen-bond acceptors (Lipinski definition) is 4. The molecule has 0 fully saturated rings. The lowest BCUT2D eigenvalue weighted by Gasteiger charge is -2.37. The van der Waals surface area contributed by atoms with Gasteiger partial charge in [-0.1, -0.05) is 50.6 Å². The fraction of sp³-hybridized carbons (Fsp3) is 0.321. The summed E-state index contributed by atoms with van der Waals surface area (Å²) >= 11 is 6.49. The molecule has 3 aromatic carbocycles. The van der Waals surface area contributed by atoms with Crippen LogP contribution in [0.3, 0.4) is 0 Å². The van der Waals surface area contributed by atoms with E-state index in [2.05, 4.69) is 38.4 Å². The lowest BCUT2D eigenvalue weighted by atomic mass is 10.1. The quantitative estimate of drug-likeness (QED) is 0.203. The van der Waals surface area contributed by atoms with Crippen molar-refractivity contribution in [2.24, 2.45) is 0 Å². The molecule has 0 aliphatic heterocycles. The van der Waals surface area contributed by atoms with Crippen molar-refractivity contribution in [2.75, 3.05) is 14.2 Å². The maximum Gasteiger partial charge on any atom is 0.250 e. The van der Waals surface area contributed by atoms with E-state index in [1.54, 1.807) is 20.3 Å². The molecule has 35 heavy (non-hydrogen) atoms. The van der Waals surface area contributed by atoms with E-state index in [1.807, 2.05) is 48.5 Å². The summed E-state index contributed by atoms with van der Waals surface area (Å²) in [5.41, 5.74) is 2.51. The smallest absolute Gasteiger partial charge is 0.250 e. The highest BCUT2D eigenvalue weighted by molar-refractivity contribution is 6.74. The summed E-state index contributed by atoms with van der Waals surface area (Å²) in [6.07, 6.45) is 0. The molecule has 0 N–H and O–H groups in total. The zero-order valence-electron chi connectivity index (χ0n) is 21.4. The first-order valence-corrected chi connectivity index (χ1v) is 14.9. The van der Waals surface area contributed by atoms with E-state index >= 15 is 0 Å². The molecule has 184 valence electrons. The molecule has 0 unspecified atom stereocenters. The number of benzene rings is 3. The van der Waals surface area contributed by atoms with Crippen molar-refractivity contribution >= 4 is 41.7 Å². The maximum absolute atomic E-state index is 13.2. The van der Waals surface area contributed by atoms with Crippen molar-refractivity contribution in [2.45, 2.75) is 45.4 Å². The molecule has 0 bridgehead atoms. The number of aromatic nitrogens is 1. The summed E-state index contributed by atoms with van der Waals surface area (Å²) in [6.45, 7) is 11.5. The van der Waals surface area contributed by atoms with Crippen LogP contribution in [0.5, 0.6) is 17.2 Å². The van der Waals surface area contributed by atoms with E-state index in [1.165, 1.54) is 0 Å². The summed E-state index contributed by atoms with van der Waals surface area (Å²) < 4.78 is 20.3. The molecular formula is C28H32ClNO4Si. The van der Waals surface area contributed by atoms with E-state index in [-0.39, 0.29) is 10.5 Å². The van der Waals surface area contributed by atoms with Crippen LogP contribution in [0.4, 0.5) is 0 Å². The third-order valence-electron chi connectivity index (χ3n) is 6.97. The van der Waals surface area contributed by atoms with Gasteiger partial charge in [-0.15, -0.1) is 0 Å². The Hall–Kier alpha value is -2.96. The van der Waals surface area contributed by atoms with Gasteiger partial charge in [0.25, 0.3) is 8.32 Å². The number of methoxy groups -OCH3 is 2. The third-order valence-corrected chi connectivity index (χ3v) is 11.6. The zero-order chi connectivity index (χ0) is 25.5. The molecule has 0 spiro atoms. The summed E-state index contributed by atoms with van der Waals surface area (Å²) in [4.78, 5) is 13.2. The molecule has 0 aliphatic rings. The molecule has 0 radical (unpaired) electrons. The highest BCUT2D eigenvalue weighted by Gasteiger charge is 2.40. The van der Waals surface area contributed by atoms with Gasteiger partial charge in [0.05, 0.1) is 35.7 Å². The largest absolute Gasteiger partial charge is 0.539 e. The number of nitrogens with zero attached hydrogens (tertiary/aromatic N) is 1. The fourth-order valence-electron chi connectivity index (χ4n) is 4.02. The first-order valence-electron chi connectivity index (χ1n) is 11.6. The lowest BCUT2D eigenvalue weighted by molar-refractivity contribution is 0.353. The normalized spacial score (nSPS) is 12.2. The number of rotatable bonds is 6. The van der Waals surface area contributed by atoms with Gasteiger partial charge in [-0.3, -0.25) is 4.79 Å². The maximum atomic E-state index is 13.2. The van der Waals surface area contributed by atoms with Crippen LogP contribution in [0, 0.1) is 0 Å². The molecule has 0 amide bonds. The van der Waals surface area contributed by atoms with Gasteiger partial charge in [0.15, 0.2) is 22.7 Å². The molecule has 7 heteroatoms. The molecule has 4 aromatic rings. The van der Waals surface area contributed by atoms with Crippen molar-refractivity contribution in [3.63, 3.8) is 0 Å². The Labute approximate surface area is 212 Å². The molecule has 0 saturated carbocycles. The van der Waals surface area contributed by atoms with Crippen molar-refractivity contribution in [1.29, 1.82) is 0 Å². The van der Waals surface area contributed by atoms with Crippen LogP contribution in [0.2, 0.25) is 23.2 Å². The van der Waals surface area contributed by atoms with Crippen LogP contribution in [0.25, 0.3) is 21.8 Å². The van der Waals surface area contributed by atoms with Crippen molar-refractivity contribution in [3.8, 4) is 17.2 Å². The van der Waals surface area contributed by atoms with Crippen LogP contribution in [0.1, 0.15) is 26.3 Å². The molecule has 0 saturated heterocycles. The summed E-state index contributed by atoms with van der Waals surface area (Å²) in [5, 5.41) is 1.62. The van der Waals surface area contributed by atoms with Crippen LogP contribution >= 0.6 is 11.6 Å². The zero-order valence-corrected chi connectivity index (χ0v) is 23.1. The number of hydrogen-bond donors (Lipinski definition) is 0. The van der Waals surface area contributed by atoms with Gasteiger partial charge >= 0.3 is 0 Å². The average Bonchev–Trinajstić information content (AvgIpc) is 2.81. The van der Waals surface area contributed by atoms with Gasteiger partial charge in [-0.25, -0.2) is 0 Å². The molecule has 1 heterocycles. The number of halogens is 1. The predicted octanol–water partition coefficient (Wildman–Crippen LogP) is 7.26. The average molecular weight is 510 g/mol. The Balaban J connectivity index is 1.90. The Morgan fingerprint density at radius 2 is 1.51 bits per heavy atom. The summed E-state index contributed by atoms with van der Waals surface area (Å²) in [7, 11) is 1.15. The van der Waals surface area contributed by atoms with E-state index < -0.39 is 8.32 Å². The Morgan fingerprint density at radius 1 is 0.914 bits per heavy atom. The Bertz CT molecular complexity index is 1450. The van der Waals surface area contributed by atoms with Crippen LogP contribution in [0.15, 0.2) is 59.4 Å². The minimum atomic E-state index is -2.13. The van der Waals surface area contributed by atoms with Gasteiger partial charge in [-0.05, 0) is 60.1 Å². The summed E-state index contributed by atoms with van der Waals surface area (Å²) in [6, 6.07) is 17.1. The van der Waals surface area contributed by atoms with Crippen LogP contribution in [-0.2, 0) is 6.54 Å². The minimum Gasteiger partial charge on any atom is -0.539 e. The number of ether oxygens (including phenoxy) is 2. The second kappa shape index (κ2) is 9.24. The second-order valence-corrected chi connectivity index (χ2v) is 15.4. The predicted molar refractivity (Wildman–Crippen MR) is 147 cm³/mol. The van der Waals surface area contributed by atoms with Crippen LogP contribution < -0.4 is 19.3 Å². The topological polar surface area (TPSA) is 49.7 Å². The molecule has 5 nitrogen and oxygen atoms in total. The highest BCUT2D eigenvalue weighted by Crippen LogP contribution is 2.45. The molecule has 4 rings (SSSR count). The monoisotopic (exact) mass is 509 g/mol. The SMILES string of the molecule is COc1cc(Cn2c3ccccc3c(=O)c3c(Cl)cccc32)cc(OC)c1O[Si](C)(C)C(C)(C)C. The van der Waals surface area contributed by atoms with E-state index in [4.69, 9.17) is 25.5 Å². The standard InChI is InChI=1S/C28H32ClNO4Si/c1-28(2,3)35(6,7)34-27-23(32-4)15-18(16-24(27)33-5)17-30-21-13-9-8-11-19(21)26(31)25-20(29)12-10-14-22(25)30/h8-16H,17H2,1-7H3. The van der Waals surface area contributed by atoms with E-state index in [0.29, 0.717) is 39.6 Å². The van der Waals surface area contributed by atoms with Crippen LogP contribution in [-0.4, -0.2) is 27.1 Å². The van der Waals surface area contributed by atoms with Gasteiger partial charge < -0.3 is 18.5 Å². The molecule has 1 aromatic heterocycles. The van der Waals surface area contributed by atoms with Crippen molar-refractivity contribution in [3.05, 3.63) is 75.4 Å². The number of fused-ring (bicyclic) bond motifs is 2. The van der Waals surface area contributed by atoms with Gasteiger partial charge in [0, 0.05) is 11.9 Å². The fourth-order valence-corrected chi connectivity index (χ4v) is 5.29. The van der Waals surface area contributed by atoms with Gasteiger partial charge in [0.2, 0.25) is 0 Å². The lowest BCUT2D eigenvalue weighted by Crippen LogP contribution is -2.44. The highest BCUT2D eigenvalue weighted by atomic mass is 35.5. The first kappa shape index (κ1) is 25.1.